The maximum atomic E-state index is 10.8. The van der Waals surface area contributed by atoms with Crippen LogP contribution in [0.1, 0.15) is 20.3 Å². The molecule has 0 atom stereocenters. The van der Waals surface area contributed by atoms with E-state index in [0.29, 0.717) is 0 Å². The maximum Gasteiger partial charge on any atom is 0.305 e. The summed E-state index contributed by atoms with van der Waals surface area (Å²) in [6.07, 6.45) is 1.76. The van der Waals surface area contributed by atoms with E-state index in [1.54, 1.807) is 6.20 Å². The molecule has 2 aromatic rings. The Labute approximate surface area is 106 Å². The van der Waals surface area contributed by atoms with E-state index in [9.17, 15) is 4.79 Å². The SMILES string of the molecule is CC(C)(CC(=O)O)Nc1nccc2ccccc12. The van der Waals surface area contributed by atoms with Gasteiger partial charge < -0.3 is 10.4 Å². The highest BCUT2D eigenvalue weighted by molar-refractivity contribution is 5.91. The molecule has 0 fully saturated rings. The van der Waals surface area contributed by atoms with Crippen molar-refractivity contribution in [3.63, 3.8) is 0 Å². The summed E-state index contributed by atoms with van der Waals surface area (Å²) in [6.45, 7) is 3.70. The van der Waals surface area contributed by atoms with Crippen molar-refractivity contribution in [1.82, 2.24) is 4.98 Å². The molecule has 4 nitrogen and oxygen atoms in total. The third-order valence-electron chi connectivity index (χ3n) is 2.72. The molecular formula is C14H16N2O2. The van der Waals surface area contributed by atoms with Crippen LogP contribution in [0.15, 0.2) is 36.5 Å². The van der Waals surface area contributed by atoms with Crippen molar-refractivity contribution in [3.8, 4) is 0 Å². The molecule has 1 aromatic carbocycles. The molecule has 18 heavy (non-hydrogen) atoms. The molecule has 1 heterocycles. The Kier molecular flexibility index (Phi) is 3.19. The highest BCUT2D eigenvalue weighted by Crippen LogP contribution is 2.24. The second-order valence-electron chi connectivity index (χ2n) is 4.96. The first-order chi connectivity index (χ1) is 8.48. The number of aliphatic carboxylic acids is 1. The molecule has 1 aromatic heterocycles. The second-order valence-corrected chi connectivity index (χ2v) is 4.96. The molecule has 2 N–H and O–H groups in total. The van der Waals surface area contributed by atoms with Crippen LogP contribution in [0.25, 0.3) is 10.8 Å². The van der Waals surface area contributed by atoms with Crippen LogP contribution in [0.2, 0.25) is 0 Å². The van der Waals surface area contributed by atoms with Crippen LogP contribution in [-0.4, -0.2) is 21.6 Å². The van der Waals surface area contributed by atoms with Crippen molar-refractivity contribution >= 4 is 22.6 Å². The van der Waals surface area contributed by atoms with Gasteiger partial charge in [-0.15, -0.1) is 0 Å². The predicted molar refractivity (Wildman–Crippen MR) is 71.7 cm³/mol. The number of aromatic nitrogens is 1. The van der Waals surface area contributed by atoms with Crippen molar-refractivity contribution in [3.05, 3.63) is 36.5 Å². The topological polar surface area (TPSA) is 62.2 Å². The van der Waals surface area contributed by atoms with Gasteiger partial charge in [-0.2, -0.15) is 0 Å². The molecule has 0 unspecified atom stereocenters. The Morgan fingerprint density at radius 1 is 1.33 bits per heavy atom. The van der Waals surface area contributed by atoms with Gasteiger partial charge in [0.15, 0.2) is 0 Å². The molecule has 0 spiro atoms. The van der Waals surface area contributed by atoms with Crippen LogP contribution in [0.5, 0.6) is 0 Å². The highest BCUT2D eigenvalue weighted by atomic mass is 16.4. The lowest BCUT2D eigenvalue weighted by molar-refractivity contribution is -0.137. The van der Waals surface area contributed by atoms with Gasteiger partial charge in [0, 0.05) is 17.1 Å². The number of carboxylic acid groups (broad SMARTS) is 1. The van der Waals surface area contributed by atoms with Gasteiger partial charge >= 0.3 is 5.97 Å². The predicted octanol–water partition coefficient (Wildman–Crippen LogP) is 2.90. The zero-order chi connectivity index (χ0) is 13.2. The lowest BCUT2D eigenvalue weighted by atomic mass is 10.0. The third-order valence-corrected chi connectivity index (χ3v) is 2.72. The molecule has 0 saturated heterocycles. The summed E-state index contributed by atoms with van der Waals surface area (Å²) < 4.78 is 0. The number of fused-ring (bicyclic) bond motifs is 1. The van der Waals surface area contributed by atoms with Crippen LogP contribution in [0.3, 0.4) is 0 Å². The minimum absolute atomic E-state index is 0.0396. The Balaban J connectivity index is 2.34. The summed E-state index contributed by atoms with van der Waals surface area (Å²) in [5.41, 5.74) is -0.539. The molecule has 2 rings (SSSR count). The van der Waals surface area contributed by atoms with Gasteiger partial charge in [0.1, 0.15) is 5.82 Å². The van der Waals surface area contributed by atoms with Gasteiger partial charge in [-0.3, -0.25) is 4.79 Å². The molecule has 0 aliphatic carbocycles. The summed E-state index contributed by atoms with van der Waals surface area (Å²) >= 11 is 0. The minimum atomic E-state index is -0.826. The van der Waals surface area contributed by atoms with E-state index < -0.39 is 11.5 Å². The number of rotatable bonds is 4. The molecule has 4 heteroatoms. The molecule has 0 amide bonds. The van der Waals surface area contributed by atoms with E-state index in [-0.39, 0.29) is 6.42 Å². The fourth-order valence-electron chi connectivity index (χ4n) is 1.96. The fourth-order valence-corrected chi connectivity index (χ4v) is 1.96. The van der Waals surface area contributed by atoms with E-state index in [4.69, 9.17) is 5.11 Å². The van der Waals surface area contributed by atoms with E-state index in [2.05, 4.69) is 10.3 Å². The van der Waals surface area contributed by atoms with Crippen LogP contribution >= 0.6 is 0 Å². The summed E-state index contributed by atoms with van der Waals surface area (Å²) in [6, 6.07) is 9.83. The molecule has 0 bridgehead atoms. The molecule has 0 saturated carbocycles. The molecular weight excluding hydrogens is 228 g/mol. The number of carbonyl (C=O) groups is 1. The lowest BCUT2D eigenvalue weighted by Crippen LogP contribution is -2.34. The Morgan fingerprint density at radius 2 is 2.06 bits per heavy atom. The van der Waals surface area contributed by atoms with Gasteiger partial charge in [-0.05, 0) is 25.3 Å². The van der Waals surface area contributed by atoms with E-state index >= 15 is 0 Å². The number of anilines is 1. The normalized spacial score (nSPS) is 11.4. The fraction of sp³-hybridized carbons (Fsp3) is 0.286. The van der Waals surface area contributed by atoms with Crippen LogP contribution in [-0.2, 0) is 4.79 Å². The molecule has 94 valence electrons. The number of hydrogen-bond acceptors (Lipinski definition) is 3. The van der Waals surface area contributed by atoms with Crippen molar-refractivity contribution in [1.29, 1.82) is 0 Å². The van der Waals surface area contributed by atoms with E-state index in [0.717, 1.165) is 16.6 Å². The number of benzene rings is 1. The molecule has 0 aliphatic heterocycles. The number of nitrogens with one attached hydrogen (secondary N) is 1. The maximum absolute atomic E-state index is 10.8. The van der Waals surface area contributed by atoms with Gasteiger partial charge in [0.25, 0.3) is 0 Å². The average Bonchev–Trinajstić information content (AvgIpc) is 2.27. The third kappa shape index (κ3) is 2.77. The molecule has 0 radical (unpaired) electrons. The van der Waals surface area contributed by atoms with Crippen molar-refractivity contribution < 1.29 is 9.90 Å². The van der Waals surface area contributed by atoms with Crippen LogP contribution in [0.4, 0.5) is 5.82 Å². The summed E-state index contributed by atoms with van der Waals surface area (Å²) in [7, 11) is 0. The summed E-state index contributed by atoms with van der Waals surface area (Å²) in [5, 5.41) is 14.2. The number of nitrogens with zero attached hydrogens (tertiary/aromatic N) is 1. The zero-order valence-electron chi connectivity index (χ0n) is 10.5. The second kappa shape index (κ2) is 4.64. The standard InChI is InChI=1S/C14H16N2O2/c1-14(2,9-12(17)18)16-13-11-6-4-3-5-10(11)7-8-15-13/h3-8H,9H2,1-2H3,(H,15,16)(H,17,18). The molecule has 0 aliphatic rings. The van der Waals surface area contributed by atoms with Crippen molar-refractivity contribution in [2.75, 3.05) is 5.32 Å². The largest absolute Gasteiger partial charge is 0.481 e. The first kappa shape index (κ1) is 12.4. The summed E-state index contributed by atoms with van der Waals surface area (Å²) in [4.78, 5) is 15.1. The summed E-state index contributed by atoms with van der Waals surface area (Å²) in [5.74, 6) is -0.105. The van der Waals surface area contributed by atoms with Crippen LogP contribution < -0.4 is 5.32 Å². The average molecular weight is 244 g/mol. The minimum Gasteiger partial charge on any atom is -0.481 e. The van der Waals surface area contributed by atoms with Crippen LogP contribution in [0, 0.1) is 0 Å². The Morgan fingerprint density at radius 3 is 2.78 bits per heavy atom. The van der Waals surface area contributed by atoms with E-state index in [1.807, 2.05) is 44.2 Å². The number of hydrogen-bond donors (Lipinski definition) is 2. The van der Waals surface area contributed by atoms with Gasteiger partial charge in [-0.25, -0.2) is 4.98 Å². The lowest BCUT2D eigenvalue weighted by Gasteiger charge is -2.25. The highest BCUT2D eigenvalue weighted by Gasteiger charge is 2.22. The van der Waals surface area contributed by atoms with Crippen molar-refractivity contribution in [2.24, 2.45) is 0 Å². The van der Waals surface area contributed by atoms with Gasteiger partial charge in [0.05, 0.1) is 6.42 Å². The Hall–Kier alpha value is -2.10. The number of carboxylic acids is 1. The van der Waals surface area contributed by atoms with Gasteiger partial charge in [0.2, 0.25) is 0 Å². The first-order valence-electron chi connectivity index (χ1n) is 5.82. The quantitative estimate of drug-likeness (QED) is 0.868. The smallest absolute Gasteiger partial charge is 0.305 e. The monoisotopic (exact) mass is 244 g/mol. The van der Waals surface area contributed by atoms with E-state index in [1.165, 1.54) is 0 Å². The zero-order valence-corrected chi connectivity index (χ0v) is 10.5. The number of pyridine rings is 1. The van der Waals surface area contributed by atoms with Gasteiger partial charge in [-0.1, -0.05) is 24.3 Å². The first-order valence-corrected chi connectivity index (χ1v) is 5.82. The Bertz CT molecular complexity index is 574. The van der Waals surface area contributed by atoms with Crippen molar-refractivity contribution in [2.45, 2.75) is 25.8 Å².